The third kappa shape index (κ3) is 4.52. The number of pyridine rings is 1. The van der Waals surface area contributed by atoms with Crippen molar-refractivity contribution in [2.24, 2.45) is 7.05 Å². The van der Waals surface area contributed by atoms with Crippen molar-refractivity contribution in [1.29, 1.82) is 0 Å². The molecule has 2 aromatic heterocycles. The van der Waals surface area contributed by atoms with Gasteiger partial charge in [-0.25, -0.2) is 0 Å². The number of hydrogen-bond donors (Lipinski definition) is 1. The highest BCUT2D eigenvalue weighted by atomic mass is 32.2. The van der Waals surface area contributed by atoms with Gasteiger partial charge in [0.1, 0.15) is 0 Å². The van der Waals surface area contributed by atoms with Crippen LogP contribution < -0.4 is 5.32 Å². The molecule has 0 aliphatic carbocycles. The van der Waals surface area contributed by atoms with Crippen LogP contribution in [-0.4, -0.2) is 25.7 Å². The summed E-state index contributed by atoms with van der Waals surface area (Å²) in [6.45, 7) is 0. The number of nitrogens with zero attached hydrogens (tertiary/aromatic N) is 4. The summed E-state index contributed by atoms with van der Waals surface area (Å²) in [5, 5.41) is 12.3. The second-order valence-corrected chi connectivity index (χ2v) is 7.36. The molecule has 7 heteroatoms. The molecule has 0 unspecified atom stereocenters. The van der Waals surface area contributed by atoms with Gasteiger partial charge >= 0.3 is 0 Å². The first-order valence-corrected chi connectivity index (χ1v) is 10.1. The number of carbonyl (C=O) groups excluding carboxylic acids is 1. The van der Waals surface area contributed by atoms with Gasteiger partial charge in [0.2, 0.25) is 0 Å². The Morgan fingerprint density at radius 2 is 1.79 bits per heavy atom. The summed E-state index contributed by atoms with van der Waals surface area (Å²) in [5.41, 5.74) is 3.45. The van der Waals surface area contributed by atoms with Gasteiger partial charge in [-0.15, -0.1) is 10.2 Å². The molecule has 144 valence electrons. The molecule has 0 fully saturated rings. The maximum Gasteiger partial charge on any atom is 0.255 e. The number of benzene rings is 2. The van der Waals surface area contributed by atoms with Gasteiger partial charge in [0.05, 0.1) is 0 Å². The van der Waals surface area contributed by atoms with Crippen LogP contribution >= 0.6 is 11.8 Å². The first-order valence-electron chi connectivity index (χ1n) is 9.08. The molecular formula is C22H19N5OS. The van der Waals surface area contributed by atoms with Crippen LogP contribution in [0.3, 0.4) is 0 Å². The van der Waals surface area contributed by atoms with Crippen LogP contribution in [0.4, 0.5) is 5.69 Å². The molecule has 4 rings (SSSR count). The fourth-order valence-corrected chi connectivity index (χ4v) is 3.68. The number of nitrogens with one attached hydrogen (secondary N) is 1. The Kier molecular flexibility index (Phi) is 5.67. The van der Waals surface area contributed by atoms with E-state index >= 15 is 0 Å². The van der Waals surface area contributed by atoms with E-state index in [1.807, 2.05) is 78.3 Å². The van der Waals surface area contributed by atoms with Crippen molar-refractivity contribution in [1.82, 2.24) is 19.7 Å². The van der Waals surface area contributed by atoms with E-state index in [4.69, 9.17) is 0 Å². The van der Waals surface area contributed by atoms with Crippen LogP contribution in [0.25, 0.3) is 11.4 Å². The topological polar surface area (TPSA) is 72.7 Å². The second kappa shape index (κ2) is 8.70. The smallest absolute Gasteiger partial charge is 0.255 e. The number of thioether (sulfide) groups is 1. The third-order valence-electron chi connectivity index (χ3n) is 4.37. The predicted octanol–water partition coefficient (Wildman–Crippen LogP) is 4.42. The number of para-hydroxylation sites is 1. The lowest BCUT2D eigenvalue weighted by molar-refractivity contribution is 0.102. The van der Waals surface area contributed by atoms with E-state index in [-0.39, 0.29) is 5.91 Å². The second-order valence-electron chi connectivity index (χ2n) is 6.41. The van der Waals surface area contributed by atoms with Crippen molar-refractivity contribution >= 4 is 23.4 Å². The van der Waals surface area contributed by atoms with Crippen LogP contribution in [0.1, 0.15) is 15.9 Å². The molecule has 0 aliphatic rings. The predicted molar refractivity (Wildman–Crippen MR) is 115 cm³/mol. The molecule has 0 radical (unpaired) electrons. The number of carbonyl (C=O) groups is 1. The molecule has 1 N–H and O–H groups in total. The van der Waals surface area contributed by atoms with E-state index in [1.54, 1.807) is 24.2 Å². The summed E-state index contributed by atoms with van der Waals surface area (Å²) in [7, 11) is 1.95. The zero-order valence-electron chi connectivity index (χ0n) is 15.8. The Labute approximate surface area is 173 Å². The highest BCUT2D eigenvalue weighted by Crippen LogP contribution is 2.25. The number of rotatable bonds is 6. The van der Waals surface area contributed by atoms with Crippen LogP contribution in [0, 0.1) is 0 Å². The lowest BCUT2D eigenvalue weighted by Crippen LogP contribution is -2.11. The quantitative estimate of drug-likeness (QED) is 0.484. The molecule has 1 amide bonds. The standard InChI is InChI=1S/C22H19N5OS/c1-27-20(18-6-5-13-23-14-18)25-26-22(27)29-15-16-9-11-17(12-10-16)21(28)24-19-7-3-2-4-8-19/h2-14H,15H2,1H3,(H,24,28). The molecule has 0 spiro atoms. The van der Waals surface area contributed by atoms with E-state index in [0.29, 0.717) is 5.56 Å². The monoisotopic (exact) mass is 401 g/mol. The fourth-order valence-electron chi connectivity index (χ4n) is 2.81. The molecule has 0 bridgehead atoms. The SMILES string of the molecule is Cn1c(SCc2ccc(C(=O)Nc3ccccc3)cc2)nnc1-c1cccnc1. The largest absolute Gasteiger partial charge is 0.322 e. The van der Waals surface area contributed by atoms with Crippen molar-refractivity contribution in [2.45, 2.75) is 10.9 Å². The lowest BCUT2D eigenvalue weighted by atomic mass is 10.1. The lowest BCUT2D eigenvalue weighted by Gasteiger charge is -2.06. The minimum atomic E-state index is -0.121. The van der Waals surface area contributed by atoms with Gasteiger partial charge < -0.3 is 9.88 Å². The molecule has 6 nitrogen and oxygen atoms in total. The van der Waals surface area contributed by atoms with Crippen molar-refractivity contribution < 1.29 is 4.79 Å². The zero-order chi connectivity index (χ0) is 20.1. The highest BCUT2D eigenvalue weighted by molar-refractivity contribution is 7.98. The van der Waals surface area contributed by atoms with Gasteiger partial charge in [-0.2, -0.15) is 0 Å². The van der Waals surface area contributed by atoms with Gasteiger partial charge in [0.25, 0.3) is 5.91 Å². The van der Waals surface area contributed by atoms with Gasteiger partial charge in [0, 0.05) is 42.0 Å². The van der Waals surface area contributed by atoms with Crippen LogP contribution in [0.15, 0.2) is 84.3 Å². The van der Waals surface area contributed by atoms with Crippen molar-refractivity contribution in [3.05, 3.63) is 90.3 Å². The Balaban J connectivity index is 1.39. The summed E-state index contributed by atoms with van der Waals surface area (Å²) in [4.78, 5) is 16.5. The maximum absolute atomic E-state index is 12.3. The first-order chi connectivity index (χ1) is 14.2. The van der Waals surface area contributed by atoms with Crippen LogP contribution in [-0.2, 0) is 12.8 Å². The molecular weight excluding hydrogens is 382 g/mol. The number of amides is 1. The van der Waals surface area contributed by atoms with Gasteiger partial charge in [-0.1, -0.05) is 42.1 Å². The minimum absolute atomic E-state index is 0.121. The molecule has 0 aliphatic heterocycles. The molecule has 4 aromatic rings. The number of anilines is 1. The molecule has 29 heavy (non-hydrogen) atoms. The highest BCUT2D eigenvalue weighted by Gasteiger charge is 2.12. The van der Waals surface area contributed by atoms with Crippen molar-refractivity contribution in [2.75, 3.05) is 5.32 Å². The number of hydrogen-bond acceptors (Lipinski definition) is 5. The van der Waals surface area contributed by atoms with Crippen molar-refractivity contribution in [3.8, 4) is 11.4 Å². The first kappa shape index (κ1) is 18.9. The molecule has 2 heterocycles. The van der Waals surface area contributed by atoms with Gasteiger partial charge in [0.15, 0.2) is 11.0 Å². The Morgan fingerprint density at radius 1 is 1.00 bits per heavy atom. The Bertz CT molecular complexity index is 1100. The Morgan fingerprint density at radius 3 is 2.52 bits per heavy atom. The molecule has 0 saturated carbocycles. The minimum Gasteiger partial charge on any atom is -0.322 e. The fraction of sp³-hybridized carbons (Fsp3) is 0.0909. The van der Waals surface area contributed by atoms with E-state index in [2.05, 4.69) is 20.5 Å². The maximum atomic E-state index is 12.3. The molecule has 0 saturated heterocycles. The zero-order valence-corrected chi connectivity index (χ0v) is 16.6. The normalized spacial score (nSPS) is 10.7. The Hall–Kier alpha value is -3.45. The van der Waals surface area contributed by atoms with Crippen LogP contribution in [0.2, 0.25) is 0 Å². The van der Waals surface area contributed by atoms with Crippen LogP contribution in [0.5, 0.6) is 0 Å². The average Bonchev–Trinajstić information content (AvgIpc) is 3.14. The van der Waals surface area contributed by atoms with E-state index in [1.165, 1.54) is 0 Å². The summed E-state index contributed by atoms with van der Waals surface area (Å²) in [6.07, 6.45) is 3.51. The van der Waals surface area contributed by atoms with E-state index in [9.17, 15) is 4.79 Å². The summed E-state index contributed by atoms with van der Waals surface area (Å²) >= 11 is 1.60. The van der Waals surface area contributed by atoms with E-state index in [0.717, 1.165) is 33.5 Å². The van der Waals surface area contributed by atoms with E-state index < -0.39 is 0 Å². The van der Waals surface area contributed by atoms with Crippen molar-refractivity contribution in [3.63, 3.8) is 0 Å². The van der Waals surface area contributed by atoms with Gasteiger partial charge in [-0.3, -0.25) is 9.78 Å². The number of aromatic nitrogens is 4. The third-order valence-corrected chi connectivity index (χ3v) is 5.46. The van der Waals surface area contributed by atoms with Gasteiger partial charge in [-0.05, 0) is 42.0 Å². The summed E-state index contributed by atoms with van der Waals surface area (Å²) in [6, 6.07) is 20.9. The average molecular weight is 401 g/mol. The summed E-state index contributed by atoms with van der Waals surface area (Å²) < 4.78 is 1.96. The molecule has 2 aromatic carbocycles. The molecule has 0 atom stereocenters. The summed E-state index contributed by atoms with van der Waals surface area (Å²) in [5.74, 6) is 1.40.